The molecule has 2 aromatic rings. The number of nitrogens with one attached hydrogen (secondary N) is 1. The number of halogens is 1. The van der Waals surface area contributed by atoms with Crippen LogP contribution in [0.2, 0.25) is 0 Å². The van der Waals surface area contributed by atoms with Crippen LogP contribution in [0.25, 0.3) is 6.08 Å². The summed E-state index contributed by atoms with van der Waals surface area (Å²) in [5.41, 5.74) is 1.53. The molecule has 156 valence electrons. The molecule has 9 heteroatoms. The Morgan fingerprint density at radius 3 is 2.60 bits per heavy atom. The van der Waals surface area contributed by atoms with E-state index in [4.69, 9.17) is 14.6 Å². The van der Waals surface area contributed by atoms with Crippen LogP contribution in [0.5, 0.6) is 11.5 Å². The van der Waals surface area contributed by atoms with Crippen molar-refractivity contribution >= 4 is 39.9 Å². The molecular formula is C21H19BrN2O6. The van der Waals surface area contributed by atoms with E-state index in [9.17, 15) is 14.4 Å². The minimum atomic E-state index is -1.12. The van der Waals surface area contributed by atoms with E-state index in [0.717, 1.165) is 10.5 Å². The summed E-state index contributed by atoms with van der Waals surface area (Å²) in [6.45, 7) is 1.75. The van der Waals surface area contributed by atoms with Crippen LogP contribution in [-0.4, -0.2) is 41.1 Å². The van der Waals surface area contributed by atoms with E-state index in [1.54, 1.807) is 19.1 Å². The first-order valence-corrected chi connectivity index (χ1v) is 9.87. The van der Waals surface area contributed by atoms with Gasteiger partial charge in [0.25, 0.3) is 5.91 Å². The van der Waals surface area contributed by atoms with Gasteiger partial charge in [0.05, 0.1) is 17.6 Å². The van der Waals surface area contributed by atoms with Crippen molar-refractivity contribution in [1.29, 1.82) is 0 Å². The third-order valence-electron chi connectivity index (χ3n) is 4.13. The molecule has 2 N–H and O–H groups in total. The van der Waals surface area contributed by atoms with Crippen molar-refractivity contribution in [2.45, 2.75) is 13.5 Å². The van der Waals surface area contributed by atoms with E-state index in [1.165, 1.54) is 6.08 Å². The lowest BCUT2D eigenvalue weighted by molar-refractivity contribution is -0.139. The largest absolute Gasteiger partial charge is 0.490 e. The van der Waals surface area contributed by atoms with E-state index in [0.29, 0.717) is 22.4 Å². The highest BCUT2D eigenvalue weighted by Crippen LogP contribution is 2.37. The number of carbonyl (C=O) groups excluding carboxylic acids is 2. The lowest BCUT2D eigenvalue weighted by atomic mass is 10.1. The molecule has 1 saturated heterocycles. The Balaban J connectivity index is 1.86. The Morgan fingerprint density at radius 1 is 1.20 bits per heavy atom. The SMILES string of the molecule is CCOc1cc(/C=C2/NC(=O)N(Cc3ccccc3)C2=O)cc(Br)c1OCC(=O)O. The van der Waals surface area contributed by atoms with Crippen molar-refractivity contribution in [2.24, 2.45) is 0 Å². The third kappa shape index (κ3) is 4.98. The normalized spacial score (nSPS) is 14.7. The Morgan fingerprint density at radius 2 is 1.93 bits per heavy atom. The van der Waals surface area contributed by atoms with Crippen LogP contribution >= 0.6 is 15.9 Å². The van der Waals surface area contributed by atoms with Gasteiger partial charge in [0.2, 0.25) is 0 Å². The minimum absolute atomic E-state index is 0.129. The van der Waals surface area contributed by atoms with Crippen LogP contribution in [0.1, 0.15) is 18.1 Å². The van der Waals surface area contributed by atoms with Gasteiger partial charge in [-0.15, -0.1) is 0 Å². The summed E-state index contributed by atoms with van der Waals surface area (Å²) >= 11 is 3.34. The molecule has 30 heavy (non-hydrogen) atoms. The molecule has 0 atom stereocenters. The molecule has 3 amide bonds. The second-order valence-electron chi connectivity index (χ2n) is 6.31. The summed E-state index contributed by atoms with van der Waals surface area (Å²) in [5.74, 6) is -0.996. The van der Waals surface area contributed by atoms with Gasteiger partial charge in [0.15, 0.2) is 18.1 Å². The summed E-state index contributed by atoms with van der Waals surface area (Å²) in [6.07, 6.45) is 1.53. The fraction of sp³-hybridized carbons (Fsp3) is 0.190. The number of nitrogens with zero attached hydrogens (tertiary/aromatic N) is 1. The maximum Gasteiger partial charge on any atom is 0.341 e. The first kappa shape index (κ1) is 21.4. The van der Waals surface area contributed by atoms with Crippen molar-refractivity contribution in [1.82, 2.24) is 10.2 Å². The monoisotopic (exact) mass is 474 g/mol. The number of ether oxygens (including phenoxy) is 2. The molecular weight excluding hydrogens is 456 g/mol. The second kappa shape index (κ2) is 9.45. The number of imide groups is 1. The number of hydrogen-bond donors (Lipinski definition) is 2. The molecule has 1 aliphatic heterocycles. The fourth-order valence-corrected chi connectivity index (χ4v) is 3.43. The molecule has 0 aromatic heterocycles. The average molecular weight is 475 g/mol. The number of carbonyl (C=O) groups is 3. The van der Waals surface area contributed by atoms with Gasteiger partial charge in [-0.1, -0.05) is 30.3 Å². The molecule has 0 aliphatic carbocycles. The van der Waals surface area contributed by atoms with Gasteiger partial charge in [-0.2, -0.15) is 0 Å². The maximum absolute atomic E-state index is 12.7. The van der Waals surface area contributed by atoms with Gasteiger partial charge in [-0.3, -0.25) is 9.69 Å². The number of benzene rings is 2. The Kier molecular flexibility index (Phi) is 6.73. The van der Waals surface area contributed by atoms with E-state index < -0.39 is 24.5 Å². The fourth-order valence-electron chi connectivity index (χ4n) is 2.86. The summed E-state index contributed by atoms with van der Waals surface area (Å²) in [6, 6.07) is 12.0. The third-order valence-corrected chi connectivity index (χ3v) is 4.72. The van der Waals surface area contributed by atoms with E-state index in [-0.39, 0.29) is 18.0 Å². The van der Waals surface area contributed by atoms with Crippen molar-refractivity contribution in [3.8, 4) is 11.5 Å². The number of carboxylic acid groups (broad SMARTS) is 1. The van der Waals surface area contributed by atoms with Gasteiger partial charge in [-0.25, -0.2) is 9.59 Å². The quantitative estimate of drug-likeness (QED) is 0.448. The predicted octanol–water partition coefficient (Wildman–Crippen LogP) is 3.40. The molecule has 0 bridgehead atoms. The van der Waals surface area contributed by atoms with Crippen LogP contribution < -0.4 is 14.8 Å². The van der Waals surface area contributed by atoms with Crippen LogP contribution in [0, 0.1) is 0 Å². The molecule has 0 radical (unpaired) electrons. The first-order chi connectivity index (χ1) is 14.4. The van der Waals surface area contributed by atoms with Crippen molar-refractivity contribution in [3.05, 3.63) is 63.8 Å². The Labute approximate surface area is 181 Å². The van der Waals surface area contributed by atoms with Crippen molar-refractivity contribution in [3.63, 3.8) is 0 Å². The summed E-state index contributed by atoms with van der Waals surface area (Å²) in [4.78, 5) is 36.9. The van der Waals surface area contributed by atoms with Gasteiger partial charge in [0.1, 0.15) is 5.70 Å². The first-order valence-electron chi connectivity index (χ1n) is 9.08. The number of amides is 3. The maximum atomic E-state index is 12.7. The van der Waals surface area contributed by atoms with Crippen LogP contribution in [0.15, 0.2) is 52.6 Å². The van der Waals surface area contributed by atoms with Crippen LogP contribution in [0.4, 0.5) is 4.79 Å². The Bertz CT molecular complexity index is 1010. The van der Waals surface area contributed by atoms with Gasteiger partial charge < -0.3 is 19.9 Å². The van der Waals surface area contributed by atoms with Crippen LogP contribution in [0.3, 0.4) is 0 Å². The van der Waals surface area contributed by atoms with Crippen molar-refractivity contribution < 1.29 is 29.0 Å². The highest BCUT2D eigenvalue weighted by Gasteiger charge is 2.33. The van der Waals surface area contributed by atoms with Crippen molar-refractivity contribution in [2.75, 3.05) is 13.2 Å². The standard InChI is InChI=1S/C21H19BrN2O6/c1-2-29-17-10-14(8-15(22)19(17)30-12-18(25)26)9-16-20(27)24(21(28)23-16)11-13-6-4-3-5-7-13/h3-10H,2,11-12H2,1H3,(H,23,28)(H,25,26)/b16-9+. The lowest BCUT2D eigenvalue weighted by Crippen LogP contribution is -2.30. The van der Waals surface area contributed by atoms with E-state index in [1.807, 2.05) is 30.3 Å². The highest BCUT2D eigenvalue weighted by molar-refractivity contribution is 9.10. The molecule has 0 spiro atoms. The number of carboxylic acids is 1. The smallest absolute Gasteiger partial charge is 0.341 e. The molecule has 3 rings (SSSR count). The molecule has 1 fully saturated rings. The zero-order valence-corrected chi connectivity index (χ0v) is 17.6. The molecule has 1 aliphatic rings. The second-order valence-corrected chi connectivity index (χ2v) is 7.16. The summed E-state index contributed by atoms with van der Waals surface area (Å²) < 4.78 is 11.3. The van der Waals surface area contributed by atoms with Gasteiger partial charge in [0, 0.05) is 0 Å². The molecule has 8 nitrogen and oxygen atoms in total. The highest BCUT2D eigenvalue weighted by atomic mass is 79.9. The number of hydrogen-bond acceptors (Lipinski definition) is 5. The molecule has 1 heterocycles. The number of rotatable bonds is 8. The molecule has 0 unspecified atom stereocenters. The van der Waals surface area contributed by atoms with Crippen LogP contribution in [-0.2, 0) is 16.1 Å². The molecule has 0 saturated carbocycles. The summed E-state index contributed by atoms with van der Waals surface area (Å²) in [5, 5.41) is 11.4. The van der Waals surface area contributed by atoms with E-state index >= 15 is 0 Å². The number of urea groups is 1. The van der Waals surface area contributed by atoms with Gasteiger partial charge in [-0.05, 0) is 52.2 Å². The number of aliphatic carboxylic acids is 1. The average Bonchev–Trinajstić information content (AvgIpc) is 2.95. The van der Waals surface area contributed by atoms with E-state index in [2.05, 4.69) is 21.2 Å². The summed E-state index contributed by atoms with van der Waals surface area (Å²) in [7, 11) is 0. The Hall–Kier alpha value is -3.33. The minimum Gasteiger partial charge on any atom is -0.490 e. The molecule has 2 aromatic carbocycles. The lowest BCUT2D eigenvalue weighted by Gasteiger charge is -2.13. The zero-order chi connectivity index (χ0) is 21.7. The topological polar surface area (TPSA) is 105 Å². The van der Waals surface area contributed by atoms with Gasteiger partial charge >= 0.3 is 12.0 Å². The predicted molar refractivity (Wildman–Crippen MR) is 112 cm³/mol. The zero-order valence-electron chi connectivity index (χ0n) is 16.1.